The zero-order valence-corrected chi connectivity index (χ0v) is 15.7. The summed E-state index contributed by atoms with van der Waals surface area (Å²) in [6, 6.07) is 0. The van der Waals surface area contributed by atoms with Crippen molar-refractivity contribution in [3.8, 4) is 0 Å². The first-order valence-corrected chi connectivity index (χ1v) is 8.59. The zero-order chi connectivity index (χ0) is 19.5. The van der Waals surface area contributed by atoms with E-state index in [1.54, 1.807) is 39.8 Å². The fourth-order valence-corrected chi connectivity index (χ4v) is 3.01. The third-order valence-corrected chi connectivity index (χ3v) is 3.94. The lowest BCUT2D eigenvalue weighted by molar-refractivity contribution is -0.175. The molecular formula is C18H28N2O6. The molecule has 2 aliphatic heterocycles. The lowest BCUT2D eigenvalue weighted by atomic mass is 10.0. The van der Waals surface area contributed by atoms with Crippen molar-refractivity contribution in [2.24, 2.45) is 0 Å². The third-order valence-electron chi connectivity index (χ3n) is 3.94. The van der Waals surface area contributed by atoms with Gasteiger partial charge in [0.15, 0.2) is 23.8 Å². The monoisotopic (exact) mass is 368 g/mol. The fraction of sp³-hybridized carbons (Fsp3) is 0.667. The summed E-state index contributed by atoms with van der Waals surface area (Å²) in [6.07, 6.45) is -0.369. The van der Waals surface area contributed by atoms with Gasteiger partial charge in [-0.25, -0.2) is 0 Å². The smallest absolute Gasteiger partial charge is 0.252 e. The van der Waals surface area contributed by atoms with Gasteiger partial charge in [-0.05, 0) is 27.7 Å². The van der Waals surface area contributed by atoms with Gasteiger partial charge in [-0.2, -0.15) is 0 Å². The quantitative estimate of drug-likeness (QED) is 0.640. The average molecular weight is 368 g/mol. The van der Waals surface area contributed by atoms with E-state index >= 15 is 0 Å². The van der Waals surface area contributed by atoms with E-state index in [-0.39, 0.29) is 11.8 Å². The standard InChI is InChI=1S/C18H28N2O6/c1-7-9-19-15(21)13-11(23-17(3,4)25-13)12-14(16(22)20-10-8-2)26-18(5,6)24-12/h7-8,11-14H,1-2,9-10H2,3-6H3,(H,19,21)(H,20,22)/t11-,12+,13+,14-. The number of amides is 2. The molecule has 0 aromatic rings. The summed E-state index contributed by atoms with van der Waals surface area (Å²) in [5.74, 6) is -2.73. The molecule has 2 rings (SSSR count). The van der Waals surface area contributed by atoms with Gasteiger partial charge >= 0.3 is 0 Å². The molecule has 4 atom stereocenters. The second-order valence-electron chi connectivity index (χ2n) is 7.11. The summed E-state index contributed by atoms with van der Waals surface area (Å²) in [5.41, 5.74) is 0. The highest BCUT2D eigenvalue weighted by Gasteiger charge is 2.57. The molecule has 2 N–H and O–H groups in total. The molecule has 8 heteroatoms. The van der Waals surface area contributed by atoms with Gasteiger partial charge in [0.05, 0.1) is 0 Å². The average Bonchev–Trinajstić information content (AvgIpc) is 3.06. The maximum absolute atomic E-state index is 12.5. The molecule has 2 aliphatic rings. The van der Waals surface area contributed by atoms with Gasteiger partial charge in [-0.3, -0.25) is 9.59 Å². The van der Waals surface area contributed by atoms with Crippen molar-refractivity contribution >= 4 is 11.8 Å². The Balaban J connectivity index is 2.24. The van der Waals surface area contributed by atoms with Crippen molar-refractivity contribution in [1.82, 2.24) is 10.6 Å². The molecule has 2 saturated heterocycles. The molecular weight excluding hydrogens is 340 g/mol. The highest BCUT2D eigenvalue weighted by Crippen LogP contribution is 2.38. The predicted molar refractivity (Wildman–Crippen MR) is 94.1 cm³/mol. The lowest BCUT2D eigenvalue weighted by Gasteiger charge is -2.25. The van der Waals surface area contributed by atoms with Crippen LogP contribution in [0.4, 0.5) is 0 Å². The minimum absolute atomic E-state index is 0.294. The first-order valence-electron chi connectivity index (χ1n) is 8.59. The van der Waals surface area contributed by atoms with Crippen LogP contribution in [0, 0.1) is 0 Å². The molecule has 0 bridgehead atoms. The van der Waals surface area contributed by atoms with E-state index < -0.39 is 36.0 Å². The van der Waals surface area contributed by atoms with Gasteiger partial charge < -0.3 is 29.6 Å². The number of rotatable bonds is 7. The number of ether oxygens (including phenoxy) is 4. The van der Waals surface area contributed by atoms with E-state index in [9.17, 15) is 9.59 Å². The maximum Gasteiger partial charge on any atom is 0.252 e. The summed E-state index contributed by atoms with van der Waals surface area (Å²) >= 11 is 0. The number of nitrogens with one attached hydrogen (secondary N) is 2. The Kier molecular flexibility index (Phi) is 6.23. The lowest BCUT2D eigenvalue weighted by Crippen LogP contribution is -2.52. The van der Waals surface area contributed by atoms with Crippen LogP contribution in [0.3, 0.4) is 0 Å². The van der Waals surface area contributed by atoms with Crippen LogP contribution in [-0.2, 0) is 28.5 Å². The zero-order valence-electron chi connectivity index (χ0n) is 15.7. The second kappa shape index (κ2) is 7.87. The van der Waals surface area contributed by atoms with Gasteiger partial charge in [0.25, 0.3) is 11.8 Å². The Bertz CT molecular complexity index is 524. The summed E-state index contributed by atoms with van der Waals surface area (Å²) in [7, 11) is 0. The first-order chi connectivity index (χ1) is 12.1. The summed E-state index contributed by atoms with van der Waals surface area (Å²) in [6.45, 7) is 14.5. The van der Waals surface area contributed by atoms with Crippen LogP contribution in [-0.4, -0.2) is 60.9 Å². The third kappa shape index (κ3) is 4.70. The number of carbonyl (C=O) groups excluding carboxylic acids is 2. The Labute approximate surface area is 153 Å². The fourth-order valence-electron chi connectivity index (χ4n) is 3.01. The number of hydrogen-bond acceptors (Lipinski definition) is 6. The Morgan fingerprint density at radius 2 is 1.15 bits per heavy atom. The molecule has 0 spiro atoms. The molecule has 2 fully saturated rings. The van der Waals surface area contributed by atoms with Crippen LogP contribution in [0.25, 0.3) is 0 Å². The van der Waals surface area contributed by atoms with Crippen LogP contribution < -0.4 is 10.6 Å². The van der Waals surface area contributed by atoms with Gasteiger partial charge in [0.1, 0.15) is 12.2 Å². The van der Waals surface area contributed by atoms with Crippen LogP contribution in [0.1, 0.15) is 27.7 Å². The van der Waals surface area contributed by atoms with E-state index in [0.717, 1.165) is 0 Å². The molecule has 2 amide bonds. The normalized spacial score (nSPS) is 32.0. The topological polar surface area (TPSA) is 95.1 Å². The largest absolute Gasteiger partial charge is 0.350 e. The van der Waals surface area contributed by atoms with Crippen molar-refractivity contribution in [3.63, 3.8) is 0 Å². The number of carbonyl (C=O) groups is 2. The minimum atomic E-state index is -1.00. The number of hydrogen-bond donors (Lipinski definition) is 2. The SMILES string of the molecule is C=CCNC(=O)[C@H]1OC(C)(C)O[C@@H]1[C@@H]1OC(C)(C)O[C@H]1C(=O)NCC=C. The summed E-state index contributed by atoms with van der Waals surface area (Å²) < 4.78 is 23.3. The summed E-state index contributed by atoms with van der Waals surface area (Å²) in [4.78, 5) is 25.0. The van der Waals surface area contributed by atoms with Gasteiger partial charge in [0.2, 0.25) is 0 Å². The molecule has 0 unspecified atom stereocenters. The van der Waals surface area contributed by atoms with Crippen molar-refractivity contribution in [2.75, 3.05) is 13.1 Å². The van der Waals surface area contributed by atoms with E-state index in [4.69, 9.17) is 18.9 Å². The first kappa shape index (κ1) is 20.6. The van der Waals surface area contributed by atoms with Crippen LogP contribution in [0.5, 0.6) is 0 Å². The molecule has 0 aromatic heterocycles. The van der Waals surface area contributed by atoms with Crippen LogP contribution >= 0.6 is 0 Å². The van der Waals surface area contributed by atoms with Crippen molar-refractivity contribution in [2.45, 2.75) is 63.7 Å². The van der Waals surface area contributed by atoms with Crippen molar-refractivity contribution in [1.29, 1.82) is 0 Å². The van der Waals surface area contributed by atoms with Gasteiger partial charge in [-0.15, -0.1) is 13.2 Å². The van der Waals surface area contributed by atoms with Crippen molar-refractivity contribution < 1.29 is 28.5 Å². The van der Waals surface area contributed by atoms with Gasteiger partial charge in [-0.1, -0.05) is 12.2 Å². The molecule has 0 radical (unpaired) electrons. The van der Waals surface area contributed by atoms with Crippen LogP contribution in [0.2, 0.25) is 0 Å². The van der Waals surface area contributed by atoms with E-state index in [1.165, 1.54) is 0 Å². The van der Waals surface area contributed by atoms with E-state index in [1.807, 2.05) is 0 Å². The molecule has 0 aromatic carbocycles. The molecule has 0 saturated carbocycles. The molecule has 26 heavy (non-hydrogen) atoms. The van der Waals surface area contributed by atoms with E-state index in [2.05, 4.69) is 23.8 Å². The predicted octanol–water partition coefficient (Wildman–Crippen LogP) is 0.631. The summed E-state index contributed by atoms with van der Waals surface area (Å²) in [5, 5.41) is 5.38. The second-order valence-corrected chi connectivity index (χ2v) is 7.11. The minimum Gasteiger partial charge on any atom is -0.350 e. The molecule has 146 valence electrons. The van der Waals surface area contributed by atoms with Crippen LogP contribution in [0.15, 0.2) is 25.3 Å². The van der Waals surface area contributed by atoms with E-state index in [0.29, 0.717) is 13.1 Å². The molecule has 2 heterocycles. The highest BCUT2D eigenvalue weighted by molar-refractivity contribution is 5.84. The highest BCUT2D eigenvalue weighted by atomic mass is 16.8. The molecule has 8 nitrogen and oxygen atoms in total. The van der Waals surface area contributed by atoms with Gasteiger partial charge in [0, 0.05) is 13.1 Å². The Morgan fingerprint density at radius 3 is 1.46 bits per heavy atom. The Morgan fingerprint density at radius 1 is 0.808 bits per heavy atom. The maximum atomic E-state index is 12.5. The van der Waals surface area contributed by atoms with Crippen molar-refractivity contribution in [3.05, 3.63) is 25.3 Å². The Hall–Kier alpha value is -1.74. The molecule has 0 aliphatic carbocycles.